The summed E-state index contributed by atoms with van der Waals surface area (Å²) < 4.78 is 17.3. The average Bonchev–Trinajstić information content (AvgIpc) is 3.25. The van der Waals surface area contributed by atoms with Crippen molar-refractivity contribution in [3.8, 4) is 0 Å². The number of ether oxygens (including phenoxy) is 3. The van der Waals surface area contributed by atoms with Gasteiger partial charge in [0.15, 0.2) is 6.10 Å². The maximum Gasteiger partial charge on any atom is 0.306 e. The van der Waals surface area contributed by atoms with Crippen LogP contribution in [-0.2, 0) is 23.8 Å². The van der Waals surface area contributed by atoms with E-state index in [4.69, 9.17) is 14.2 Å². The number of hydrogen-bond acceptors (Lipinski definition) is 5. The van der Waals surface area contributed by atoms with E-state index in [1.807, 2.05) is 0 Å². The predicted molar refractivity (Wildman–Crippen MR) is 260 cm³/mol. The summed E-state index contributed by atoms with van der Waals surface area (Å²) in [6, 6.07) is 0. The maximum atomic E-state index is 12.8. The Balaban J connectivity index is 4.40. The SMILES string of the molecule is CC/C=C\C/C=C\C/C=C\C/C=C\C/C=C\CCCC(=O)OCC(COCCCCCCCC/C=C\C/C=C\CCC)OC(=O)CCCCCCC/C=C\CCCCCC. The first kappa shape index (κ1) is 56.8. The number of carbonyl (C=O) groups is 2. The van der Waals surface area contributed by atoms with Gasteiger partial charge < -0.3 is 14.2 Å². The lowest BCUT2D eigenvalue weighted by molar-refractivity contribution is -0.163. The molecule has 0 spiro atoms. The molecule has 0 aromatic heterocycles. The molecule has 0 aliphatic heterocycles. The molecule has 1 atom stereocenters. The van der Waals surface area contributed by atoms with Crippen LogP contribution < -0.4 is 0 Å². The van der Waals surface area contributed by atoms with Gasteiger partial charge in [-0.3, -0.25) is 9.59 Å². The van der Waals surface area contributed by atoms with Gasteiger partial charge in [-0.25, -0.2) is 0 Å². The van der Waals surface area contributed by atoms with E-state index in [0.717, 1.165) is 96.3 Å². The molecule has 5 heteroatoms. The first-order valence-corrected chi connectivity index (χ1v) is 24.8. The van der Waals surface area contributed by atoms with Crippen LogP contribution in [0.1, 0.15) is 213 Å². The second kappa shape index (κ2) is 50.2. The van der Waals surface area contributed by atoms with Crippen LogP contribution in [0.2, 0.25) is 0 Å². The Hall–Kier alpha value is -3.18. The molecule has 0 aliphatic carbocycles. The van der Waals surface area contributed by atoms with Crippen LogP contribution >= 0.6 is 0 Å². The molecule has 0 saturated heterocycles. The number of allylic oxidation sites excluding steroid dienone is 16. The van der Waals surface area contributed by atoms with Gasteiger partial charge in [0.2, 0.25) is 0 Å². The Bertz CT molecular complexity index is 1170. The minimum absolute atomic E-state index is 0.0435. The Morgan fingerprint density at radius 3 is 1.33 bits per heavy atom. The summed E-state index contributed by atoms with van der Waals surface area (Å²) in [5.74, 6) is -0.485. The minimum atomic E-state index is -0.573. The van der Waals surface area contributed by atoms with Crippen molar-refractivity contribution in [1.29, 1.82) is 0 Å². The van der Waals surface area contributed by atoms with Gasteiger partial charge in [-0.1, -0.05) is 189 Å². The Morgan fingerprint density at radius 1 is 0.383 bits per heavy atom. The highest BCUT2D eigenvalue weighted by molar-refractivity contribution is 5.70. The first-order chi connectivity index (χ1) is 29.6. The summed E-state index contributed by atoms with van der Waals surface area (Å²) in [6.45, 7) is 7.54. The lowest BCUT2D eigenvalue weighted by Gasteiger charge is -2.18. The molecule has 0 heterocycles. The van der Waals surface area contributed by atoms with E-state index in [2.05, 4.69) is 118 Å². The highest BCUT2D eigenvalue weighted by atomic mass is 16.6. The van der Waals surface area contributed by atoms with Crippen molar-refractivity contribution in [1.82, 2.24) is 0 Å². The fourth-order valence-electron chi connectivity index (χ4n) is 6.40. The summed E-state index contributed by atoms with van der Waals surface area (Å²) in [6.07, 6.45) is 67.0. The molecule has 0 amide bonds. The number of carbonyl (C=O) groups excluding carboxylic acids is 2. The molecule has 0 rings (SSSR count). The van der Waals surface area contributed by atoms with Crippen molar-refractivity contribution >= 4 is 11.9 Å². The fraction of sp³-hybridized carbons (Fsp3) is 0.673. The van der Waals surface area contributed by atoms with Gasteiger partial charge in [0, 0.05) is 19.4 Å². The summed E-state index contributed by atoms with van der Waals surface area (Å²) in [5.41, 5.74) is 0. The van der Waals surface area contributed by atoms with Gasteiger partial charge >= 0.3 is 11.9 Å². The molecule has 0 fully saturated rings. The van der Waals surface area contributed by atoms with E-state index in [1.165, 1.54) is 83.5 Å². The van der Waals surface area contributed by atoms with Crippen LogP contribution in [0.4, 0.5) is 0 Å². The van der Waals surface area contributed by atoms with Crippen molar-refractivity contribution in [2.24, 2.45) is 0 Å². The smallest absolute Gasteiger partial charge is 0.306 e. The standard InChI is InChI=1S/C55H92O5/c1-4-7-10-13-16-19-22-25-27-28-29-31-33-36-39-42-45-48-54(56)59-52-53(51-58-50-47-44-41-38-35-32-26-23-20-17-14-11-8-5-2)60-55(57)49-46-43-40-37-34-30-24-21-18-15-12-9-6-3/h7,10-11,14,16,19-21,23-25,27,29,31,36,39,53H,4-6,8-9,12-13,15,17-18,22,26,28,30,32-35,37-38,40-52H2,1-3H3/b10-7-,14-11-,19-16-,23-20-,24-21-,27-25-,31-29-,39-36-. The minimum Gasteiger partial charge on any atom is -0.462 e. The van der Waals surface area contributed by atoms with E-state index in [9.17, 15) is 9.59 Å². The predicted octanol–water partition coefficient (Wildman–Crippen LogP) is 16.7. The number of hydrogen-bond donors (Lipinski definition) is 0. The van der Waals surface area contributed by atoms with Gasteiger partial charge in [0.1, 0.15) is 6.61 Å². The highest BCUT2D eigenvalue weighted by Crippen LogP contribution is 2.12. The summed E-state index contributed by atoms with van der Waals surface area (Å²) >= 11 is 0. The molecule has 1 unspecified atom stereocenters. The third-order valence-electron chi connectivity index (χ3n) is 10.1. The molecule has 0 aliphatic rings. The van der Waals surface area contributed by atoms with Crippen molar-refractivity contribution in [3.63, 3.8) is 0 Å². The van der Waals surface area contributed by atoms with Gasteiger partial charge in [0.25, 0.3) is 0 Å². The van der Waals surface area contributed by atoms with Crippen LogP contribution in [0, 0.1) is 0 Å². The molecule has 0 aromatic rings. The second-order valence-corrected chi connectivity index (χ2v) is 16.0. The summed E-state index contributed by atoms with van der Waals surface area (Å²) in [7, 11) is 0. The summed E-state index contributed by atoms with van der Waals surface area (Å²) in [5, 5.41) is 0. The molecule has 60 heavy (non-hydrogen) atoms. The topological polar surface area (TPSA) is 61.8 Å². The zero-order valence-electron chi connectivity index (χ0n) is 39.2. The quantitative estimate of drug-likeness (QED) is 0.0348. The molecule has 0 saturated carbocycles. The Morgan fingerprint density at radius 2 is 0.800 bits per heavy atom. The largest absolute Gasteiger partial charge is 0.462 e. The average molecular weight is 833 g/mol. The zero-order chi connectivity index (χ0) is 43.5. The van der Waals surface area contributed by atoms with Crippen molar-refractivity contribution < 1.29 is 23.8 Å². The van der Waals surface area contributed by atoms with Crippen LogP contribution in [0.15, 0.2) is 97.2 Å². The Labute approximate surface area is 371 Å². The van der Waals surface area contributed by atoms with Gasteiger partial charge in [0.05, 0.1) is 6.61 Å². The van der Waals surface area contributed by atoms with Crippen LogP contribution in [0.5, 0.6) is 0 Å². The number of esters is 2. The molecule has 5 nitrogen and oxygen atoms in total. The molecule has 0 bridgehead atoms. The Kier molecular flexibility index (Phi) is 47.5. The zero-order valence-corrected chi connectivity index (χ0v) is 39.2. The lowest BCUT2D eigenvalue weighted by Crippen LogP contribution is -2.30. The van der Waals surface area contributed by atoms with Gasteiger partial charge in [-0.05, 0) is 109 Å². The van der Waals surface area contributed by atoms with E-state index >= 15 is 0 Å². The molecular formula is C55H92O5. The third kappa shape index (κ3) is 47.5. The summed E-state index contributed by atoms with van der Waals surface area (Å²) in [4.78, 5) is 25.3. The fourth-order valence-corrected chi connectivity index (χ4v) is 6.40. The van der Waals surface area contributed by atoms with Gasteiger partial charge in [-0.15, -0.1) is 0 Å². The number of unbranched alkanes of at least 4 members (excludes halogenated alkanes) is 17. The number of rotatable bonds is 44. The van der Waals surface area contributed by atoms with Crippen LogP contribution in [-0.4, -0.2) is 37.9 Å². The van der Waals surface area contributed by atoms with Crippen molar-refractivity contribution in [2.75, 3.05) is 19.8 Å². The van der Waals surface area contributed by atoms with Crippen molar-refractivity contribution in [3.05, 3.63) is 97.2 Å². The van der Waals surface area contributed by atoms with E-state index in [1.54, 1.807) is 0 Å². The highest BCUT2D eigenvalue weighted by Gasteiger charge is 2.17. The normalized spacial score (nSPS) is 13.1. The third-order valence-corrected chi connectivity index (χ3v) is 10.1. The molecule has 0 aromatic carbocycles. The molecular weight excluding hydrogens is 741 g/mol. The maximum absolute atomic E-state index is 12.8. The van der Waals surface area contributed by atoms with Crippen LogP contribution in [0.25, 0.3) is 0 Å². The van der Waals surface area contributed by atoms with E-state index in [-0.39, 0.29) is 25.2 Å². The van der Waals surface area contributed by atoms with E-state index in [0.29, 0.717) is 19.4 Å². The molecule has 0 radical (unpaired) electrons. The second-order valence-electron chi connectivity index (χ2n) is 16.0. The van der Waals surface area contributed by atoms with E-state index < -0.39 is 6.10 Å². The molecule has 342 valence electrons. The van der Waals surface area contributed by atoms with Crippen LogP contribution in [0.3, 0.4) is 0 Å². The first-order valence-electron chi connectivity index (χ1n) is 24.8. The van der Waals surface area contributed by atoms with Crippen molar-refractivity contribution in [2.45, 2.75) is 219 Å². The monoisotopic (exact) mass is 833 g/mol. The van der Waals surface area contributed by atoms with Gasteiger partial charge in [-0.2, -0.15) is 0 Å². The lowest BCUT2D eigenvalue weighted by atomic mass is 10.1. The molecule has 0 N–H and O–H groups in total.